The van der Waals surface area contributed by atoms with Crippen LogP contribution in [0, 0.1) is 5.92 Å². The number of amides is 1. The number of rotatable bonds is 3. The molecule has 2 aliphatic rings. The number of aromatic amines is 1. The SMILES string of the molecule is CC1OCCC1C(=O)N1CCCC(c2nc(-c3ccccc3)n[nH]2)C1. The number of benzene rings is 1. The number of carbonyl (C=O) groups excluding carboxylic acids is 1. The number of ether oxygens (including phenoxy) is 1. The quantitative estimate of drug-likeness (QED) is 0.932. The Morgan fingerprint density at radius 1 is 1.28 bits per heavy atom. The lowest BCUT2D eigenvalue weighted by Gasteiger charge is -2.33. The van der Waals surface area contributed by atoms with E-state index in [0.717, 1.165) is 43.0 Å². The number of nitrogens with one attached hydrogen (secondary N) is 1. The molecular weight excluding hydrogens is 316 g/mol. The Bertz CT molecular complexity index is 730. The van der Waals surface area contributed by atoms with Crippen molar-refractivity contribution in [3.63, 3.8) is 0 Å². The van der Waals surface area contributed by atoms with Gasteiger partial charge in [0.1, 0.15) is 5.82 Å². The first-order chi connectivity index (χ1) is 12.2. The van der Waals surface area contributed by atoms with Gasteiger partial charge in [-0.15, -0.1) is 0 Å². The molecule has 3 heterocycles. The summed E-state index contributed by atoms with van der Waals surface area (Å²) in [4.78, 5) is 19.5. The van der Waals surface area contributed by atoms with E-state index < -0.39 is 0 Å². The van der Waals surface area contributed by atoms with Crippen LogP contribution < -0.4 is 0 Å². The molecule has 0 aliphatic carbocycles. The highest BCUT2D eigenvalue weighted by atomic mass is 16.5. The number of nitrogens with zero attached hydrogens (tertiary/aromatic N) is 3. The number of aromatic nitrogens is 3. The zero-order chi connectivity index (χ0) is 17.2. The van der Waals surface area contributed by atoms with Crippen LogP contribution in [0.15, 0.2) is 30.3 Å². The molecule has 25 heavy (non-hydrogen) atoms. The van der Waals surface area contributed by atoms with E-state index in [1.54, 1.807) is 0 Å². The molecule has 4 rings (SSSR count). The van der Waals surface area contributed by atoms with Crippen molar-refractivity contribution in [3.8, 4) is 11.4 Å². The number of hydrogen-bond acceptors (Lipinski definition) is 4. The van der Waals surface area contributed by atoms with Crippen LogP contribution in [0.5, 0.6) is 0 Å². The summed E-state index contributed by atoms with van der Waals surface area (Å²) in [5, 5.41) is 7.45. The normalized spacial score (nSPS) is 26.8. The minimum absolute atomic E-state index is 0.00774. The van der Waals surface area contributed by atoms with Crippen molar-refractivity contribution in [2.45, 2.75) is 38.2 Å². The topological polar surface area (TPSA) is 71.1 Å². The Balaban J connectivity index is 1.46. The van der Waals surface area contributed by atoms with Crippen molar-refractivity contribution in [3.05, 3.63) is 36.2 Å². The van der Waals surface area contributed by atoms with Gasteiger partial charge in [0.15, 0.2) is 5.82 Å². The molecule has 1 amide bonds. The molecule has 6 heteroatoms. The van der Waals surface area contributed by atoms with Crippen molar-refractivity contribution in [1.82, 2.24) is 20.1 Å². The van der Waals surface area contributed by atoms with Crippen LogP contribution in [0.2, 0.25) is 0 Å². The molecule has 1 aromatic carbocycles. The summed E-state index contributed by atoms with van der Waals surface area (Å²) in [6.07, 6.45) is 2.90. The number of H-pyrrole nitrogens is 1. The summed E-state index contributed by atoms with van der Waals surface area (Å²) in [7, 11) is 0. The second kappa shape index (κ2) is 6.96. The summed E-state index contributed by atoms with van der Waals surface area (Å²) >= 11 is 0. The number of likely N-dealkylation sites (tertiary alicyclic amines) is 1. The van der Waals surface area contributed by atoms with Gasteiger partial charge in [-0.3, -0.25) is 9.89 Å². The predicted octanol–water partition coefficient (Wildman–Crippen LogP) is 2.60. The summed E-state index contributed by atoms with van der Waals surface area (Å²) in [5.74, 6) is 2.06. The maximum Gasteiger partial charge on any atom is 0.228 e. The molecule has 3 atom stereocenters. The van der Waals surface area contributed by atoms with Crippen molar-refractivity contribution in [1.29, 1.82) is 0 Å². The lowest BCUT2D eigenvalue weighted by molar-refractivity contribution is -0.138. The van der Waals surface area contributed by atoms with Crippen molar-refractivity contribution in [2.24, 2.45) is 5.92 Å². The minimum atomic E-state index is 0.00774. The van der Waals surface area contributed by atoms with Crippen LogP contribution >= 0.6 is 0 Å². The second-order valence-corrected chi connectivity index (χ2v) is 7.00. The zero-order valence-electron chi connectivity index (χ0n) is 14.5. The maximum atomic E-state index is 12.8. The van der Waals surface area contributed by atoms with Gasteiger partial charge < -0.3 is 9.64 Å². The zero-order valence-corrected chi connectivity index (χ0v) is 14.5. The molecule has 132 valence electrons. The van der Waals surface area contributed by atoms with Gasteiger partial charge in [0.2, 0.25) is 5.91 Å². The standard InChI is InChI=1S/C19H24N4O2/c1-13-16(9-11-25-13)19(24)23-10-5-8-15(12-23)18-20-17(21-22-18)14-6-3-2-4-7-14/h2-4,6-7,13,15-16H,5,8-12H2,1H3,(H,20,21,22). The van der Waals surface area contributed by atoms with Gasteiger partial charge in [0.05, 0.1) is 12.0 Å². The first kappa shape index (κ1) is 16.3. The molecule has 0 radical (unpaired) electrons. The molecule has 0 saturated carbocycles. The van der Waals surface area contributed by atoms with E-state index in [4.69, 9.17) is 4.74 Å². The molecule has 2 saturated heterocycles. The summed E-state index contributed by atoms with van der Waals surface area (Å²) in [6.45, 7) is 4.24. The van der Waals surface area contributed by atoms with Crippen molar-refractivity contribution >= 4 is 5.91 Å². The summed E-state index contributed by atoms with van der Waals surface area (Å²) < 4.78 is 5.57. The van der Waals surface area contributed by atoms with Crippen LogP contribution in [0.25, 0.3) is 11.4 Å². The number of piperidine rings is 1. The van der Waals surface area contributed by atoms with E-state index in [1.807, 2.05) is 42.2 Å². The minimum Gasteiger partial charge on any atom is -0.378 e. The highest BCUT2D eigenvalue weighted by Gasteiger charge is 2.36. The fourth-order valence-electron chi connectivity index (χ4n) is 3.86. The molecule has 1 aromatic heterocycles. The molecular formula is C19H24N4O2. The number of hydrogen-bond donors (Lipinski definition) is 1. The van der Waals surface area contributed by atoms with Gasteiger partial charge in [0, 0.05) is 31.2 Å². The first-order valence-corrected chi connectivity index (χ1v) is 9.10. The molecule has 2 aliphatic heterocycles. The Labute approximate surface area is 147 Å². The lowest BCUT2D eigenvalue weighted by atomic mass is 9.94. The Hall–Kier alpha value is -2.21. The number of carbonyl (C=O) groups is 1. The molecule has 6 nitrogen and oxygen atoms in total. The van der Waals surface area contributed by atoms with E-state index in [9.17, 15) is 4.79 Å². The van der Waals surface area contributed by atoms with Crippen LogP contribution in [-0.2, 0) is 9.53 Å². The smallest absolute Gasteiger partial charge is 0.228 e. The fraction of sp³-hybridized carbons (Fsp3) is 0.526. The Morgan fingerprint density at radius 2 is 2.12 bits per heavy atom. The van der Waals surface area contributed by atoms with Crippen LogP contribution in [0.1, 0.15) is 37.9 Å². The summed E-state index contributed by atoms with van der Waals surface area (Å²) in [5.41, 5.74) is 1.01. The van der Waals surface area contributed by atoms with Crippen LogP contribution in [0.3, 0.4) is 0 Å². The molecule has 0 bridgehead atoms. The third-order valence-electron chi connectivity index (χ3n) is 5.35. The average Bonchev–Trinajstić information content (AvgIpc) is 3.31. The highest BCUT2D eigenvalue weighted by molar-refractivity contribution is 5.79. The van der Waals surface area contributed by atoms with Gasteiger partial charge in [-0.1, -0.05) is 30.3 Å². The van der Waals surface area contributed by atoms with Crippen LogP contribution in [-0.4, -0.2) is 51.8 Å². The highest BCUT2D eigenvalue weighted by Crippen LogP contribution is 2.29. The fourth-order valence-corrected chi connectivity index (χ4v) is 3.86. The van der Waals surface area contributed by atoms with Gasteiger partial charge in [-0.25, -0.2) is 4.98 Å². The van der Waals surface area contributed by atoms with Gasteiger partial charge in [-0.05, 0) is 26.2 Å². The average molecular weight is 340 g/mol. The monoisotopic (exact) mass is 340 g/mol. The Morgan fingerprint density at radius 3 is 2.88 bits per heavy atom. The first-order valence-electron chi connectivity index (χ1n) is 9.10. The van der Waals surface area contributed by atoms with E-state index in [0.29, 0.717) is 13.2 Å². The van der Waals surface area contributed by atoms with Gasteiger partial charge in [-0.2, -0.15) is 5.10 Å². The van der Waals surface area contributed by atoms with E-state index >= 15 is 0 Å². The van der Waals surface area contributed by atoms with Crippen LogP contribution in [0.4, 0.5) is 0 Å². The second-order valence-electron chi connectivity index (χ2n) is 7.00. The van der Waals surface area contributed by atoms with Gasteiger partial charge >= 0.3 is 0 Å². The lowest BCUT2D eigenvalue weighted by Crippen LogP contribution is -2.44. The largest absolute Gasteiger partial charge is 0.378 e. The molecule has 3 unspecified atom stereocenters. The molecule has 2 aromatic rings. The Kier molecular flexibility index (Phi) is 4.53. The third-order valence-corrected chi connectivity index (χ3v) is 5.35. The molecule has 2 fully saturated rings. The van der Waals surface area contributed by atoms with Gasteiger partial charge in [0.25, 0.3) is 0 Å². The van der Waals surface area contributed by atoms with Crippen molar-refractivity contribution < 1.29 is 9.53 Å². The van der Waals surface area contributed by atoms with Crippen molar-refractivity contribution in [2.75, 3.05) is 19.7 Å². The van der Waals surface area contributed by atoms with E-state index in [2.05, 4.69) is 15.2 Å². The van der Waals surface area contributed by atoms with E-state index in [1.165, 1.54) is 0 Å². The molecule has 0 spiro atoms. The maximum absolute atomic E-state index is 12.8. The molecule has 1 N–H and O–H groups in total. The van der Waals surface area contributed by atoms with E-state index in [-0.39, 0.29) is 23.8 Å². The third kappa shape index (κ3) is 3.31. The predicted molar refractivity (Wildman–Crippen MR) is 93.9 cm³/mol. The summed E-state index contributed by atoms with van der Waals surface area (Å²) in [6, 6.07) is 9.96.